The van der Waals surface area contributed by atoms with Gasteiger partial charge in [-0.3, -0.25) is 14.2 Å². The first-order valence-electron chi connectivity index (χ1n) is 10.2. The Labute approximate surface area is 172 Å². The zero-order valence-corrected chi connectivity index (χ0v) is 17.6. The Bertz CT molecular complexity index is 1170. The summed E-state index contributed by atoms with van der Waals surface area (Å²) in [5, 5.41) is 3.53. The van der Waals surface area contributed by atoms with Crippen molar-refractivity contribution in [2.75, 3.05) is 0 Å². The zero-order valence-electron chi connectivity index (χ0n) is 16.7. The molecule has 0 radical (unpaired) electrons. The average Bonchev–Trinajstić information content (AvgIpc) is 3.11. The summed E-state index contributed by atoms with van der Waals surface area (Å²) in [6.07, 6.45) is 4.71. The van der Waals surface area contributed by atoms with Gasteiger partial charge in [-0.2, -0.15) is 0 Å². The van der Waals surface area contributed by atoms with Gasteiger partial charge in [0.2, 0.25) is 5.91 Å². The number of fused-ring (bicyclic) bond motifs is 3. The van der Waals surface area contributed by atoms with Crippen LogP contribution in [0.25, 0.3) is 15.9 Å². The van der Waals surface area contributed by atoms with Gasteiger partial charge in [0.25, 0.3) is 5.56 Å². The van der Waals surface area contributed by atoms with Crippen molar-refractivity contribution in [3.63, 3.8) is 0 Å². The molecule has 1 atom stereocenters. The van der Waals surface area contributed by atoms with Gasteiger partial charge < -0.3 is 5.32 Å². The second-order valence-corrected chi connectivity index (χ2v) is 8.70. The number of hydrogen-bond acceptors (Lipinski definition) is 4. The van der Waals surface area contributed by atoms with Crippen molar-refractivity contribution in [3.8, 4) is 5.69 Å². The van der Waals surface area contributed by atoms with E-state index in [1.807, 2.05) is 19.9 Å². The minimum Gasteiger partial charge on any atom is -0.352 e. The molecule has 3 aromatic rings. The van der Waals surface area contributed by atoms with E-state index in [1.165, 1.54) is 25.3 Å². The van der Waals surface area contributed by atoms with Crippen LogP contribution in [0, 0.1) is 0 Å². The summed E-state index contributed by atoms with van der Waals surface area (Å²) in [6.45, 7) is 3.84. The molecule has 0 bridgehead atoms. The number of benzene rings is 1. The number of rotatable bonds is 5. The van der Waals surface area contributed by atoms with Gasteiger partial charge in [0, 0.05) is 10.9 Å². The van der Waals surface area contributed by atoms with Crippen LogP contribution in [0.4, 0.5) is 0 Å². The molecule has 0 spiro atoms. The molecule has 0 aliphatic heterocycles. The first-order chi connectivity index (χ1) is 14.0. The summed E-state index contributed by atoms with van der Waals surface area (Å²) >= 11 is 1.49. The topological polar surface area (TPSA) is 73.1 Å². The number of carbonyl (C=O) groups excluding carboxylic acids is 1. The number of aryl methyl sites for hydroxylation is 2. The van der Waals surface area contributed by atoms with E-state index >= 15 is 0 Å². The molecule has 1 aromatic carbocycles. The third kappa shape index (κ3) is 3.55. The van der Waals surface area contributed by atoms with Crippen LogP contribution < -0.4 is 16.6 Å². The van der Waals surface area contributed by atoms with Gasteiger partial charge >= 0.3 is 5.69 Å². The number of nitrogens with zero attached hydrogens (tertiary/aromatic N) is 2. The molecular formula is C22H25N3O3S. The molecule has 0 saturated heterocycles. The molecule has 1 amide bonds. The number of amides is 1. The third-order valence-electron chi connectivity index (χ3n) is 5.57. The smallest absolute Gasteiger partial charge is 0.337 e. The molecule has 6 nitrogen and oxygen atoms in total. The largest absolute Gasteiger partial charge is 0.352 e. The van der Waals surface area contributed by atoms with Gasteiger partial charge in [-0.1, -0.05) is 25.1 Å². The van der Waals surface area contributed by atoms with Crippen molar-refractivity contribution >= 4 is 27.5 Å². The normalized spacial score (nSPS) is 14.6. The molecule has 2 aromatic heterocycles. The first kappa shape index (κ1) is 19.6. The fourth-order valence-corrected chi connectivity index (χ4v) is 5.25. The van der Waals surface area contributed by atoms with E-state index in [4.69, 9.17) is 0 Å². The zero-order chi connectivity index (χ0) is 20.5. The van der Waals surface area contributed by atoms with E-state index in [9.17, 15) is 14.4 Å². The molecule has 4 rings (SSSR count). The van der Waals surface area contributed by atoms with Crippen molar-refractivity contribution in [1.82, 2.24) is 14.5 Å². The van der Waals surface area contributed by atoms with Crippen LogP contribution in [0.3, 0.4) is 0 Å². The number of thiophene rings is 1. The van der Waals surface area contributed by atoms with E-state index in [0.717, 1.165) is 37.7 Å². The summed E-state index contributed by atoms with van der Waals surface area (Å²) < 4.78 is 2.69. The van der Waals surface area contributed by atoms with Gasteiger partial charge in [-0.15, -0.1) is 11.3 Å². The molecule has 0 saturated carbocycles. The minimum absolute atomic E-state index is 0.0327. The second kappa shape index (κ2) is 7.99. The van der Waals surface area contributed by atoms with Crippen molar-refractivity contribution in [1.29, 1.82) is 0 Å². The lowest BCUT2D eigenvalue weighted by molar-refractivity contribution is -0.122. The van der Waals surface area contributed by atoms with Crippen LogP contribution >= 0.6 is 11.3 Å². The fourth-order valence-electron chi connectivity index (χ4n) is 3.88. The lowest BCUT2D eigenvalue weighted by Crippen LogP contribution is -2.42. The summed E-state index contributed by atoms with van der Waals surface area (Å²) in [7, 11) is 0. The second-order valence-electron chi connectivity index (χ2n) is 7.61. The number of aromatic nitrogens is 2. The van der Waals surface area contributed by atoms with Crippen LogP contribution in [-0.2, 0) is 24.2 Å². The van der Waals surface area contributed by atoms with E-state index in [1.54, 1.807) is 24.3 Å². The number of hydrogen-bond donors (Lipinski definition) is 1. The molecule has 7 heteroatoms. The lowest BCUT2D eigenvalue weighted by atomic mass is 9.97. The monoisotopic (exact) mass is 411 g/mol. The molecule has 0 fully saturated rings. The molecule has 29 heavy (non-hydrogen) atoms. The molecule has 152 valence electrons. The minimum atomic E-state index is -0.466. The lowest BCUT2D eigenvalue weighted by Gasteiger charge is -2.15. The van der Waals surface area contributed by atoms with Crippen LogP contribution in [0.2, 0.25) is 0 Å². The predicted molar refractivity (Wildman–Crippen MR) is 116 cm³/mol. The van der Waals surface area contributed by atoms with Gasteiger partial charge in [0.1, 0.15) is 11.4 Å². The Kier molecular flexibility index (Phi) is 5.41. The third-order valence-corrected chi connectivity index (χ3v) is 6.89. The highest BCUT2D eigenvalue weighted by atomic mass is 32.1. The van der Waals surface area contributed by atoms with E-state index < -0.39 is 5.69 Å². The maximum absolute atomic E-state index is 13.4. The molecule has 1 aliphatic rings. The van der Waals surface area contributed by atoms with Gasteiger partial charge in [0.15, 0.2) is 0 Å². The predicted octanol–water partition coefficient (Wildman–Crippen LogP) is 3.01. The highest BCUT2D eigenvalue weighted by Crippen LogP contribution is 2.34. The Morgan fingerprint density at radius 2 is 1.90 bits per heavy atom. The Hall–Kier alpha value is -2.67. The molecule has 2 heterocycles. The van der Waals surface area contributed by atoms with Crippen molar-refractivity contribution in [2.24, 2.45) is 0 Å². The quantitative estimate of drug-likeness (QED) is 0.701. The van der Waals surface area contributed by atoms with Gasteiger partial charge in [-0.05, 0) is 56.7 Å². The van der Waals surface area contributed by atoms with E-state index in [0.29, 0.717) is 15.9 Å². The highest BCUT2D eigenvalue weighted by molar-refractivity contribution is 7.18. The molecule has 1 N–H and O–H groups in total. The average molecular weight is 412 g/mol. The Balaban J connectivity index is 1.96. The van der Waals surface area contributed by atoms with Crippen LogP contribution in [0.1, 0.15) is 43.6 Å². The number of para-hydroxylation sites is 1. The summed E-state index contributed by atoms with van der Waals surface area (Å²) in [4.78, 5) is 41.2. The molecular weight excluding hydrogens is 386 g/mol. The van der Waals surface area contributed by atoms with Gasteiger partial charge in [0.05, 0.1) is 11.1 Å². The molecule has 1 aliphatic carbocycles. The number of nitrogens with one attached hydrogen (secondary N) is 1. The summed E-state index contributed by atoms with van der Waals surface area (Å²) in [5.74, 6) is -0.215. The van der Waals surface area contributed by atoms with Gasteiger partial charge in [-0.25, -0.2) is 9.36 Å². The SMILES string of the molecule is CC[C@H](C)NC(=O)Cn1c(=O)n(-c2ccccc2)c(=O)c2c3c(sc21)CCCC3. The summed E-state index contributed by atoms with van der Waals surface area (Å²) in [6, 6.07) is 8.97. The first-order valence-corrected chi connectivity index (χ1v) is 11.0. The summed E-state index contributed by atoms with van der Waals surface area (Å²) in [5.41, 5.74) is 0.832. The highest BCUT2D eigenvalue weighted by Gasteiger charge is 2.25. The Morgan fingerprint density at radius 3 is 2.62 bits per heavy atom. The van der Waals surface area contributed by atoms with Crippen LogP contribution in [-0.4, -0.2) is 21.1 Å². The Morgan fingerprint density at radius 1 is 1.17 bits per heavy atom. The van der Waals surface area contributed by atoms with Crippen molar-refractivity contribution < 1.29 is 4.79 Å². The van der Waals surface area contributed by atoms with Crippen LogP contribution in [0.15, 0.2) is 39.9 Å². The van der Waals surface area contributed by atoms with Crippen LogP contribution in [0.5, 0.6) is 0 Å². The molecule has 0 unspecified atom stereocenters. The van der Waals surface area contributed by atoms with Crippen molar-refractivity contribution in [2.45, 2.75) is 58.5 Å². The van der Waals surface area contributed by atoms with E-state index in [-0.39, 0.29) is 24.1 Å². The fraction of sp³-hybridized carbons (Fsp3) is 0.409. The maximum atomic E-state index is 13.4. The van der Waals surface area contributed by atoms with E-state index in [2.05, 4.69) is 5.32 Å². The number of carbonyl (C=O) groups is 1. The maximum Gasteiger partial charge on any atom is 0.337 e. The standard InChI is InChI=1S/C22H25N3O3S/c1-3-14(2)23-18(26)13-24-21-19(16-11-7-8-12-17(16)29-21)20(27)25(22(24)28)15-9-5-4-6-10-15/h4-6,9-10,14H,3,7-8,11-13H2,1-2H3,(H,23,26)/t14-/m0/s1. The van der Waals surface area contributed by atoms with Crippen molar-refractivity contribution in [3.05, 3.63) is 61.6 Å².